The topological polar surface area (TPSA) is 24.7 Å². The first kappa shape index (κ1) is 16.0. The second-order valence-corrected chi connectivity index (χ2v) is 6.05. The molecule has 26 heavy (non-hydrogen) atoms. The lowest BCUT2D eigenvalue weighted by atomic mass is 10.0. The molecule has 2 heteroatoms. The van der Waals surface area contributed by atoms with Crippen molar-refractivity contribution in [1.82, 2.24) is 0 Å². The number of nitrogens with zero attached hydrogens (tertiary/aromatic N) is 2. The van der Waals surface area contributed by atoms with E-state index in [1.54, 1.807) is 0 Å². The van der Waals surface area contributed by atoms with Gasteiger partial charge in [0.15, 0.2) is 0 Å². The fraction of sp³-hybridized carbons (Fsp3) is 0. The predicted molar refractivity (Wildman–Crippen MR) is 111 cm³/mol. The van der Waals surface area contributed by atoms with Crippen LogP contribution >= 0.6 is 0 Å². The van der Waals surface area contributed by atoms with E-state index in [1.807, 2.05) is 73.1 Å². The van der Waals surface area contributed by atoms with E-state index in [0.29, 0.717) is 0 Å². The molecular formula is C24H18N2. The summed E-state index contributed by atoms with van der Waals surface area (Å²) in [5, 5.41) is 2.39. The zero-order valence-electron chi connectivity index (χ0n) is 14.3. The molecule has 0 saturated heterocycles. The van der Waals surface area contributed by atoms with Gasteiger partial charge in [-0.1, -0.05) is 60.7 Å². The number of fused-ring (bicyclic) bond motifs is 1. The number of aliphatic imine (C=N–C) groups is 2. The smallest absolute Gasteiger partial charge is 0.0629 e. The van der Waals surface area contributed by atoms with Crippen molar-refractivity contribution in [3.8, 4) is 0 Å². The van der Waals surface area contributed by atoms with Crippen molar-refractivity contribution in [1.29, 1.82) is 0 Å². The van der Waals surface area contributed by atoms with Crippen LogP contribution in [0.1, 0.15) is 11.1 Å². The summed E-state index contributed by atoms with van der Waals surface area (Å²) in [5.41, 5.74) is 4.10. The molecule has 0 saturated carbocycles. The van der Waals surface area contributed by atoms with Crippen LogP contribution in [-0.2, 0) is 0 Å². The molecule has 0 aliphatic carbocycles. The van der Waals surface area contributed by atoms with Gasteiger partial charge in [-0.3, -0.25) is 9.98 Å². The van der Waals surface area contributed by atoms with Gasteiger partial charge in [-0.05, 0) is 58.3 Å². The third kappa shape index (κ3) is 3.93. The maximum atomic E-state index is 4.52. The highest BCUT2D eigenvalue weighted by molar-refractivity contribution is 5.94. The Morgan fingerprint density at radius 3 is 1.31 bits per heavy atom. The van der Waals surface area contributed by atoms with Crippen LogP contribution in [0.15, 0.2) is 107 Å². The quantitative estimate of drug-likeness (QED) is 0.389. The molecule has 0 aliphatic rings. The Kier molecular flexibility index (Phi) is 4.66. The lowest BCUT2D eigenvalue weighted by molar-refractivity contribution is 1.53. The highest BCUT2D eigenvalue weighted by Gasteiger charge is 1.97. The summed E-state index contributed by atoms with van der Waals surface area (Å²) in [6.45, 7) is 0. The maximum Gasteiger partial charge on any atom is 0.0629 e. The lowest BCUT2D eigenvalue weighted by Crippen LogP contribution is -1.85. The van der Waals surface area contributed by atoms with Crippen molar-refractivity contribution >= 4 is 34.6 Å². The van der Waals surface area contributed by atoms with Crippen LogP contribution in [0.25, 0.3) is 10.8 Å². The average molecular weight is 334 g/mol. The molecule has 0 N–H and O–H groups in total. The van der Waals surface area contributed by atoms with Crippen molar-refractivity contribution in [3.63, 3.8) is 0 Å². The van der Waals surface area contributed by atoms with Crippen LogP contribution in [0.4, 0.5) is 11.4 Å². The molecule has 0 atom stereocenters. The minimum absolute atomic E-state index is 0.958. The molecule has 0 aromatic heterocycles. The molecule has 0 heterocycles. The molecule has 0 unspecified atom stereocenters. The molecular weight excluding hydrogens is 316 g/mol. The SMILES string of the molecule is C(=Nc1ccccc1)c1ccc2cc(C=Nc3ccccc3)ccc2c1. The van der Waals surface area contributed by atoms with Crippen molar-refractivity contribution in [3.05, 3.63) is 108 Å². The van der Waals surface area contributed by atoms with Crippen molar-refractivity contribution < 1.29 is 0 Å². The highest BCUT2D eigenvalue weighted by Crippen LogP contribution is 2.18. The largest absolute Gasteiger partial charge is 0.256 e. The van der Waals surface area contributed by atoms with Crippen LogP contribution in [0.5, 0.6) is 0 Å². The Morgan fingerprint density at radius 1 is 0.462 bits per heavy atom. The van der Waals surface area contributed by atoms with E-state index in [2.05, 4.69) is 46.4 Å². The summed E-state index contributed by atoms with van der Waals surface area (Å²) in [5.74, 6) is 0. The van der Waals surface area contributed by atoms with Gasteiger partial charge in [-0.2, -0.15) is 0 Å². The zero-order valence-corrected chi connectivity index (χ0v) is 14.3. The Hall–Kier alpha value is -3.52. The first-order chi connectivity index (χ1) is 12.9. The summed E-state index contributed by atoms with van der Waals surface area (Å²) < 4.78 is 0. The third-order valence-corrected chi connectivity index (χ3v) is 4.13. The third-order valence-electron chi connectivity index (χ3n) is 4.13. The molecule has 0 spiro atoms. The molecule has 0 bridgehead atoms. The summed E-state index contributed by atoms with van der Waals surface area (Å²) >= 11 is 0. The van der Waals surface area contributed by atoms with E-state index >= 15 is 0 Å². The molecule has 2 nitrogen and oxygen atoms in total. The summed E-state index contributed by atoms with van der Waals surface area (Å²) in [7, 11) is 0. The van der Waals surface area contributed by atoms with E-state index in [-0.39, 0.29) is 0 Å². The Bertz CT molecular complexity index is 976. The van der Waals surface area contributed by atoms with Crippen LogP contribution in [0.2, 0.25) is 0 Å². The summed E-state index contributed by atoms with van der Waals surface area (Å²) in [6, 6.07) is 32.7. The molecule has 124 valence electrons. The molecule has 4 aromatic rings. The number of para-hydroxylation sites is 2. The summed E-state index contributed by atoms with van der Waals surface area (Å²) in [4.78, 5) is 9.04. The fourth-order valence-electron chi connectivity index (χ4n) is 2.77. The Labute approximate surface area is 153 Å². The monoisotopic (exact) mass is 334 g/mol. The van der Waals surface area contributed by atoms with Gasteiger partial charge in [0.25, 0.3) is 0 Å². The van der Waals surface area contributed by atoms with E-state index in [4.69, 9.17) is 0 Å². The molecule has 0 amide bonds. The normalized spacial score (nSPS) is 11.5. The fourth-order valence-corrected chi connectivity index (χ4v) is 2.77. The Morgan fingerprint density at radius 2 is 0.885 bits per heavy atom. The molecule has 4 rings (SSSR count). The second-order valence-electron chi connectivity index (χ2n) is 6.05. The number of hydrogen-bond donors (Lipinski definition) is 0. The number of hydrogen-bond acceptors (Lipinski definition) is 2. The van der Waals surface area contributed by atoms with Gasteiger partial charge in [0.05, 0.1) is 11.4 Å². The van der Waals surface area contributed by atoms with Gasteiger partial charge in [-0.15, -0.1) is 0 Å². The minimum Gasteiger partial charge on any atom is -0.256 e. The molecule has 0 fully saturated rings. The first-order valence-corrected chi connectivity index (χ1v) is 8.59. The van der Waals surface area contributed by atoms with E-state index in [9.17, 15) is 0 Å². The van der Waals surface area contributed by atoms with Crippen molar-refractivity contribution in [2.75, 3.05) is 0 Å². The van der Waals surface area contributed by atoms with Crippen molar-refractivity contribution in [2.45, 2.75) is 0 Å². The standard InChI is InChI=1S/C24H18N2/c1-3-7-23(8-4-1)25-17-19-11-13-22-16-20(12-14-21(22)15-19)18-26-24-9-5-2-6-10-24/h1-18H. The predicted octanol–water partition coefficient (Wildman–Crippen LogP) is 6.34. The number of rotatable bonds is 4. The van der Waals surface area contributed by atoms with Gasteiger partial charge < -0.3 is 0 Å². The van der Waals surface area contributed by atoms with Gasteiger partial charge in [0, 0.05) is 12.4 Å². The zero-order chi connectivity index (χ0) is 17.6. The van der Waals surface area contributed by atoms with E-state index < -0.39 is 0 Å². The molecule has 0 radical (unpaired) electrons. The highest BCUT2D eigenvalue weighted by atomic mass is 14.7. The van der Waals surface area contributed by atoms with Gasteiger partial charge in [0.2, 0.25) is 0 Å². The molecule has 4 aromatic carbocycles. The first-order valence-electron chi connectivity index (χ1n) is 8.59. The average Bonchev–Trinajstić information content (AvgIpc) is 2.72. The van der Waals surface area contributed by atoms with Crippen LogP contribution in [0.3, 0.4) is 0 Å². The number of benzene rings is 4. The van der Waals surface area contributed by atoms with Gasteiger partial charge >= 0.3 is 0 Å². The van der Waals surface area contributed by atoms with Gasteiger partial charge in [-0.25, -0.2) is 0 Å². The van der Waals surface area contributed by atoms with Crippen molar-refractivity contribution in [2.24, 2.45) is 9.98 Å². The minimum atomic E-state index is 0.958. The lowest BCUT2D eigenvalue weighted by Gasteiger charge is -2.02. The molecule has 0 aliphatic heterocycles. The van der Waals surface area contributed by atoms with Crippen LogP contribution in [0, 0.1) is 0 Å². The van der Waals surface area contributed by atoms with E-state index in [0.717, 1.165) is 22.5 Å². The maximum absolute atomic E-state index is 4.52. The van der Waals surface area contributed by atoms with E-state index in [1.165, 1.54) is 10.8 Å². The van der Waals surface area contributed by atoms with Crippen LogP contribution in [-0.4, -0.2) is 12.4 Å². The summed E-state index contributed by atoms with van der Waals surface area (Å²) in [6.07, 6.45) is 3.80. The Balaban J connectivity index is 1.56. The van der Waals surface area contributed by atoms with Crippen LogP contribution < -0.4 is 0 Å². The van der Waals surface area contributed by atoms with Gasteiger partial charge in [0.1, 0.15) is 0 Å². The second kappa shape index (κ2) is 7.58.